The molecule has 0 aliphatic rings. The van der Waals surface area contributed by atoms with Crippen LogP contribution in [0.5, 0.6) is 0 Å². The van der Waals surface area contributed by atoms with Crippen molar-refractivity contribution < 1.29 is 4.79 Å². The zero-order chi connectivity index (χ0) is 12.8. The molecule has 5 nitrogen and oxygen atoms in total. The highest BCUT2D eigenvalue weighted by Crippen LogP contribution is 2.17. The summed E-state index contributed by atoms with van der Waals surface area (Å²) in [6.07, 6.45) is 0. The van der Waals surface area contributed by atoms with Gasteiger partial charge in [0, 0.05) is 11.7 Å². The molecule has 1 rings (SSSR count). The van der Waals surface area contributed by atoms with Gasteiger partial charge in [0.25, 0.3) is 0 Å². The number of hydrogen-bond donors (Lipinski definition) is 3. The Hall–Kier alpha value is -2.22. The predicted octanol–water partition coefficient (Wildman–Crippen LogP) is 1.08. The van der Waals surface area contributed by atoms with E-state index in [-0.39, 0.29) is 18.5 Å². The molecule has 0 aliphatic carbocycles. The van der Waals surface area contributed by atoms with Crippen LogP contribution in [0.15, 0.2) is 18.2 Å². The van der Waals surface area contributed by atoms with Crippen LogP contribution in [0.4, 0.5) is 11.4 Å². The maximum Gasteiger partial charge on any atom is 0.239 e. The van der Waals surface area contributed by atoms with E-state index in [0.717, 1.165) is 0 Å². The Kier molecular flexibility index (Phi) is 4.35. The number of nitrogen functional groups attached to an aromatic ring is 1. The van der Waals surface area contributed by atoms with Gasteiger partial charge in [-0.3, -0.25) is 4.79 Å². The lowest BCUT2D eigenvalue weighted by molar-refractivity contribution is -0.119. The average Bonchev–Trinajstić information content (AvgIpc) is 2.26. The molecule has 0 bridgehead atoms. The molecule has 17 heavy (non-hydrogen) atoms. The number of benzene rings is 1. The Morgan fingerprint density at radius 1 is 1.53 bits per heavy atom. The van der Waals surface area contributed by atoms with Gasteiger partial charge in [0.05, 0.1) is 17.8 Å². The highest BCUT2D eigenvalue weighted by Gasteiger charge is 2.06. The van der Waals surface area contributed by atoms with Crippen molar-refractivity contribution in [1.29, 1.82) is 5.26 Å². The fourth-order valence-corrected chi connectivity index (χ4v) is 1.36. The quantitative estimate of drug-likeness (QED) is 0.677. The number of rotatable bonds is 4. The third-order valence-electron chi connectivity index (χ3n) is 2.05. The minimum atomic E-state index is -0.110. The maximum atomic E-state index is 11.4. The third kappa shape index (κ3) is 4.03. The first-order valence-corrected chi connectivity index (χ1v) is 5.35. The second-order valence-electron chi connectivity index (χ2n) is 3.99. The summed E-state index contributed by atoms with van der Waals surface area (Å²) < 4.78 is 0. The number of carbonyl (C=O) groups is 1. The van der Waals surface area contributed by atoms with E-state index < -0.39 is 0 Å². The van der Waals surface area contributed by atoms with E-state index in [0.29, 0.717) is 16.9 Å². The van der Waals surface area contributed by atoms with Crippen molar-refractivity contribution in [2.45, 2.75) is 19.9 Å². The molecule has 0 saturated heterocycles. The molecule has 1 aromatic carbocycles. The van der Waals surface area contributed by atoms with Gasteiger partial charge in [-0.2, -0.15) is 5.26 Å². The number of nitrogens with one attached hydrogen (secondary N) is 2. The molecule has 1 amide bonds. The molecular weight excluding hydrogens is 216 g/mol. The zero-order valence-electron chi connectivity index (χ0n) is 9.95. The molecule has 90 valence electrons. The summed E-state index contributed by atoms with van der Waals surface area (Å²) in [5, 5.41) is 14.6. The number of amides is 1. The lowest BCUT2D eigenvalue weighted by atomic mass is 10.1. The molecule has 0 spiro atoms. The van der Waals surface area contributed by atoms with Crippen LogP contribution in [0.25, 0.3) is 0 Å². The summed E-state index contributed by atoms with van der Waals surface area (Å²) in [6.45, 7) is 3.92. The molecule has 0 unspecified atom stereocenters. The van der Waals surface area contributed by atoms with Gasteiger partial charge in [0.1, 0.15) is 6.07 Å². The van der Waals surface area contributed by atoms with Gasteiger partial charge in [0.2, 0.25) is 5.91 Å². The molecule has 4 N–H and O–H groups in total. The maximum absolute atomic E-state index is 11.4. The minimum absolute atomic E-state index is 0.103. The van der Waals surface area contributed by atoms with Crippen LogP contribution in [-0.4, -0.2) is 18.5 Å². The van der Waals surface area contributed by atoms with E-state index in [2.05, 4.69) is 10.6 Å². The number of anilines is 2. The summed E-state index contributed by atoms with van der Waals surface area (Å²) in [4.78, 5) is 11.4. The standard InChI is InChI=1S/C12H16N4O/c1-8(2)16-12(17)7-15-11-4-3-10(14)5-9(11)6-13/h3-5,8,15H,7,14H2,1-2H3,(H,16,17). The summed E-state index contributed by atoms with van der Waals surface area (Å²) in [5.41, 5.74) is 7.14. The lowest BCUT2D eigenvalue weighted by Crippen LogP contribution is -2.34. The summed E-state index contributed by atoms with van der Waals surface area (Å²) >= 11 is 0. The zero-order valence-corrected chi connectivity index (χ0v) is 9.95. The van der Waals surface area contributed by atoms with E-state index in [1.807, 2.05) is 19.9 Å². The fourth-order valence-electron chi connectivity index (χ4n) is 1.36. The van der Waals surface area contributed by atoms with Crippen LogP contribution < -0.4 is 16.4 Å². The van der Waals surface area contributed by atoms with Crippen molar-refractivity contribution in [2.75, 3.05) is 17.6 Å². The minimum Gasteiger partial charge on any atom is -0.399 e. The van der Waals surface area contributed by atoms with Crippen LogP contribution in [0.3, 0.4) is 0 Å². The summed E-state index contributed by atoms with van der Waals surface area (Å²) in [5.74, 6) is -0.110. The van der Waals surface area contributed by atoms with E-state index in [9.17, 15) is 4.79 Å². The predicted molar refractivity (Wildman–Crippen MR) is 67.3 cm³/mol. The van der Waals surface area contributed by atoms with Gasteiger partial charge in [0.15, 0.2) is 0 Å². The van der Waals surface area contributed by atoms with Crippen molar-refractivity contribution in [3.8, 4) is 6.07 Å². The normalized spacial score (nSPS) is 9.76. The van der Waals surface area contributed by atoms with Crippen LogP contribution in [0, 0.1) is 11.3 Å². The molecular formula is C12H16N4O. The van der Waals surface area contributed by atoms with Gasteiger partial charge in [-0.25, -0.2) is 0 Å². The number of hydrogen-bond acceptors (Lipinski definition) is 4. The van der Waals surface area contributed by atoms with Crippen LogP contribution in [0.2, 0.25) is 0 Å². The molecule has 1 aromatic rings. The molecule has 0 heterocycles. The third-order valence-corrected chi connectivity index (χ3v) is 2.05. The van der Waals surface area contributed by atoms with Crippen LogP contribution >= 0.6 is 0 Å². The summed E-state index contributed by atoms with van der Waals surface area (Å²) in [7, 11) is 0. The Morgan fingerprint density at radius 3 is 2.82 bits per heavy atom. The monoisotopic (exact) mass is 232 g/mol. The number of nitrogens with two attached hydrogens (primary N) is 1. The molecule has 0 radical (unpaired) electrons. The molecule has 0 aliphatic heterocycles. The first-order chi connectivity index (χ1) is 8.02. The Balaban J connectivity index is 2.64. The first-order valence-electron chi connectivity index (χ1n) is 5.35. The Morgan fingerprint density at radius 2 is 2.24 bits per heavy atom. The largest absolute Gasteiger partial charge is 0.399 e. The van der Waals surface area contributed by atoms with E-state index >= 15 is 0 Å². The first kappa shape index (κ1) is 12.8. The van der Waals surface area contributed by atoms with Crippen molar-refractivity contribution in [3.05, 3.63) is 23.8 Å². The van der Waals surface area contributed by atoms with Gasteiger partial charge < -0.3 is 16.4 Å². The molecule has 0 saturated carbocycles. The van der Waals surface area contributed by atoms with Gasteiger partial charge >= 0.3 is 0 Å². The number of nitriles is 1. The number of carbonyl (C=O) groups excluding carboxylic acids is 1. The van der Waals surface area contributed by atoms with Crippen molar-refractivity contribution in [1.82, 2.24) is 5.32 Å². The average molecular weight is 232 g/mol. The molecule has 5 heteroatoms. The lowest BCUT2D eigenvalue weighted by Gasteiger charge is -2.11. The number of nitrogens with zero attached hydrogens (tertiary/aromatic N) is 1. The smallest absolute Gasteiger partial charge is 0.239 e. The Labute approximate surface area is 101 Å². The van der Waals surface area contributed by atoms with E-state index in [4.69, 9.17) is 11.0 Å². The second-order valence-corrected chi connectivity index (χ2v) is 3.99. The van der Waals surface area contributed by atoms with Crippen molar-refractivity contribution >= 4 is 17.3 Å². The summed E-state index contributed by atoms with van der Waals surface area (Å²) in [6, 6.07) is 7.08. The molecule has 0 aromatic heterocycles. The topological polar surface area (TPSA) is 90.9 Å². The fraction of sp³-hybridized carbons (Fsp3) is 0.333. The van der Waals surface area contributed by atoms with Crippen LogP contribution in [-0.2, 0) is 4.79 Å². The van der Waals surface area contributed by atoms with Gasteiger partial charge in [-0.1, -0.05) is 0 Å². The van der Waals surface area contributed by atoms with E-state index in [1.54, 1.807) is 18.2 Å². The van der Waals surface area contributed by atoms with Crippen molar-refractivity contribution in [2.24, 2.45) is 0 Å². The van der Waals surface area contributed by atoms with Crippen molar-refractivity contribution in [3.63, 3.8) is 0 Å². The van der Waals surface area contributed by atoms with Crippen LogP contribution in [0.1, 0.15) is 19.4 Å². The second kappa shape index (κ2) is 5.75. The molecule has 0 fully saturated rings. The van der Waals surface area contributed by atoms with E-state index in [1.165, 1.54) is 0 Å². The van der Waals surface area contributed by atoms with Gasteiger partial charge in [-0.15, -0.1) is 0 Å². The molecule has 0 atom stereocenters. The Bertz CT molecular complexity index is 448. The SMILES string of the molecule is CC(C)NC(=O)CNc1ccc(N)cc1C#N. The highest BCUT2D eigenvalue weighted by atomic mass is 16.1. The van der Waals surface area contributed by atoms with Gasteiger partial charge in [-0.05, 0) is 32.0 Å². The highest BCUT2D eigenvalue weighted by molar-refractivity contribution is 5.81.